The number of nitrogens with one attached hydrogen (secondary N) is 1. The van der Waals surface area contributed by atoms with E-state index in [2.05, 4.69) is 4.72 Å². The van der Waals surface area contributed by atoms with E-state index in [1.54, 1.807) is 24.3 Å². The van der Waals surface area contributed by atoms with Gasteiger partial charge < -0.3 is 5.11 Å². The fourth-order valence-electron chi connectivity index (χ4n) is 4.13. The summed E-state index contributed by atoms with van der Waals surface area (Å²) in [6, 6.07) is 7.32. The predicted octanol–water partition coefficient (Wildman–Crippen LogP) is 3.28. The molecule has 1 saturated heterocycles. The molecule has 1 aliphatic heterocycles. The van der Waals surface area contributed by atoms with E-state index in [1.165, 1.54) is 0 Å². The third-order valence-corrected chi connectivity index (χ3v) is 6.30. The van der Waals surface area contributed by atoms with Gasteiger partial charge in [0, 0.05) is 30.3 Å². The van der Waals surface area contributed by atoms with Crippen LogP contribution in [0.2, 0.25) is 0 Å². The number of aliphatic hydroxyl groups excluding tert-OH is 1. The van der Waals surface area contributed by atoms with Crippen molar-refractivity contribution in [1.29, 1.82) is 0 Å². The summed E-state index contributed by atoms with van der Waals surface area (Å²) in [5.41, 5.74) is 0.861. The SMILES string of the molecule is CC(C)C(O)N1CCC(NS(C)(=O)=O)C1Cc1cccc(-c2cc(F)cc(F)c2F)c1. The minimum atomic E-state index is -3.46. The molecule has 2 N–H and O–H groups in total. The molecular formula is C22H27F3N2O3S. The van der Waals surface area contributed by atoms with E-state index in [9.17, 15) is 26.7 Å². The molecule has 0 saturated carbocycles. The maximum Gasteiger partial charge on any atom is 0.209 e. The molecule has 1 heterocycles. The van der Waals surface area contributed by atoms with Gasteiger partial charge in [0.05, 0.1) is 6.26 Å². The Labute approximate surface area is 180 Å². The van der Waals surface area contributed by atoms with Crippen LogP contribution in [0, 0.1) is 23.4 Å². The first kappa shape index (κ1) is 23.7. The van der Waals surface area contributed by atoms with Crippen molar-refractivity contribution >= 4 is 10.0 Å². The Balaban J connectivity index is 1.93. The molecule has 1 fully saturated rings. The maximum absolute atomic E-state index is 14.2. The van der Waals surface area contributed by atoms with Gasteiger partial charge in [-0.25, -0.2) is 26.3 Å². The second kappa shape index (κ2) is 9.28. The highest BCUT2D eigenvalue weighted by Gasteiger charge is 2.39. The predicted molar refractivity (Wildman–Crippen MR) is 113 cm³/mol. The summed E-state index contributed by atoms with van der Waals surface area (Å²) in [5, 5.41) is 10.6. The van der Waals surface area contributed by atoms with Crippen molar-refractivity contribution in [3.05, 3.63) is 59.4 Å². The van der Waals surface area contributed by atoms with Crippen LogP contribution in [-0.4, -0.2) is 49.5 Å². The van der Waals surface area contributed by atoms with E-state index in [-0.39, 0.29) is 17.5 Å². The first-order chi connectivity index (χ1) is 14.5. The molecule has 2 aromatic carbocycles. The van der Waals surface area contributed by atoms with Crippen molar-refractivity contribution in [1.82, 2.24) is 9.62 Å². The molecule has 0 aromatic heterocycles. The summed E-state index contributed by atoms with van der Waals surface area (Å²) in [4.78, 5) is 1.86. The molecule has 3 rings (SSSR count). The van der Waals surface area contributed by atoms with Gasteiger partial charge in [-0.1, -0.05) is 38.1 Å². The molecule has 9 heteroatoms. The fourth-order valence-corrected chi connectivity index (χ4v) is 4.96. The Hall–Kier alpha value is -1.94. The number of rotatable bonds is 7. The second-order valence-electron chi connectivity index (χ2n) is 8.40. The van der Waals surface area contributed by atoms with Crippen LogP contribution in [0.3, 0.4) is 0 Å². The Morgan fingerprint density at radius 3 is 2.55 bits per heavy atom. The van der Waals surface area contributed by atoms with Gasteiger partial charge >= 0.3 is 0 Å². The lowest BCUT2D eigenvalue weighted by atomic mass is 9.96. The minimum Gasteiger partial charge on any atom is -0.378 e. The van der Waals surface area contributed by atoms with Crippen LogP contribution in [0.15, 0.2) is 36.4 Å². The lowest BCUT2D eigenvalue weighted by Crippen LogP contribution is -2.50. The van der Waals surface area contributed by atoms with Gasteiger partial charge in [0.15, 0.2) is 11.6 Å². The zero-order chi connectivity index (χ0) is 22.9. The topological polar surface area (TPSA) is 69.6 Å². The van der Waals surface area contributed by atoms with E-state index >= 15 is 0 Å². The van der Waals surface area contributed by atoms with Gasteiger partial charge in [-0.2, -0.15) is 0 Å². The zero-order valence-electron chi connectivity index (χ0n) is 17.6. The highest BCUT2D eigenvalue weighted by molar-refractivity contribution is 7.88. The van der Waals surface area contributed by atoms with Gasteiger partial charge in [0.25, 0.3) is 0 Å². The number of nitrogens with zero attached hydrogens (tertiary/aromatic N) is 1. The lowest BCUT2D eigenvalue weighted by molar-refractivity contribution is -0.0390. The van der Waals surface area contributed by atoms with Crippen molar-refractivity contribution in [2.75, 3.05) is 12.8 Å². The van der Waals surface area contributed by atoms with Crippen molar-refractivity contribution in [2.24, 2.45) is 5.92 Å². The third kappa shape index (κ3) is 5.65. The molecule has 0 radical (unpaired) electrons. The van der Waals surface area contributed by atoms with Crippen LogP contribution < -0.4 is 4.72 Å². The molecule has 0 amide bonds. The van der Waals surface area contributed by atoms with Crippen molar-refractivity contribution in [2.45, 2.75) is 45.0 Å². The van der Waals surface area contributed by atoms with Crippen LogP contribution in [0.1, 0.15) is 25.8 Å². The summed E-state index contributed by atoms with van der Waals surface area (Å²) < 4.78 is 67.9. The van der Waals surface area contributed by atoms with Gasteiger partial charge in [-0.15, -0.1) is 0 Å². The molecular weight excluding hydrogens is 429 g/mol. The first-order valence-corrected chi connectivity index (χ1v) is 12.0. The average molecular weight is 457 g/mol. The monoisotopic (exact) mass is 456 g/mol. The molecule has 31 heavy (non-hydrogen) atoms. The Morgan fingerprint density at radius 2 is 1.90 bits per heavy atom. The maximum atomic E-state index is 14.2. The van der Waals surface area contributed by atoms with E-state index in [0.717, 1.165) is 17.9 Å². The highest BCUT2D eigenvalue weighted by atomic mass is 32.2. The molecule has 3 atom stereocenters. The normalized spacial score (nSPS) is 21.0. The third-order valence-electron chi connectivity index (χ3n) is 5.57. The first-order valence-electron chi connectivity index (χ1n) is 10.1. The molecule has 5 nitrogen and oxygen atoms in total. The minimum absolute atomic E-state index is 0.0600. The standard InChI is InChI=1S/C22H27F3N2O3S/c1-13(2)22(28)27-8-7-19(26-31(3,29)30)20(27)10-14-5-4-6-15(9-14)17-11-16(23)12-18(24)21(17)25/h4-6,9,11-13,19-20,22,26,28H,7-8,10H2,1-3H3. The fraction of sp³-hybridized carbons (Fsp3) is 0.455. The van der Waals surface area contributed by atoms with Gasteiger partial charge in [0.2, 0.25) is 10.0 Å². The molecule has 0 spiro atoms. The molecule has 0 aliphatic carbocycles. The second-order valence-corrected chi connectivity index (χ2v) is 10.2. The summed E-state index contributed by atoms with van der Waals surface area (Å²) >= 11 is 0. The van der Waals surface area contributed by atoms with Gasteiger partial charge in [-0.05, 0) is 36.0 Å². The zero-order valence-corrected chi connectivity index (χ0v) is 18.5. The summed E-state index contributed by atoms with van der Waals surface area (Å²) in [5.74, 6) is -3.33. The number of likely N-dealkylation sites (tertiary alicyclic amines) is 1. The number of halogens is 3. The van der Waals surface area contributed by atoms with E-state index in [1.807, 2.05) is 18.7 Å². The largest absolute Gasteiger partial charge is 0.378 e. The van der Waals surface area contributed by atoms with E-state index in [4.69, 9.17) is 0 Å². The number of sulfonamides is 1. The lowest BCUT2D eigenvalue weighted by Gasteiger charge is -2.34. The van der Waals surface area contributed by atoms with Gasteiger partial charge in [0.1, 0.15) is 12.0 Å². The van der Waals surface area contributed by atoms with Crippen molar-refractivity contribution in [3.63, 3.8) is 0 Å². The quantitative estimate of drug-likeness (QED) is 0.628. The van der Waals surface area contributed by atoms with Crippen LogP contribution in [0.25, 0.3) is 11.1 Å². The van der Waals surface area contributed by atoms with Crippen LogP contribution in [0.5, 0.6) is 0 Å². The molecule has 1 aliphatic rings. The summed E-state index contributed by atoms with van der Waals surface area (Å²) in [6.07, 6.45) is 1.23. The van der Waals surface area contributed by atoms with Crippen molar-refractivity contribution < 1.29 is 26.7 Å². The van der Waals surface area contributed by atoms with E-state index in [0.29, 0.717) is 31.0 Å². The van der Waals surface area contributed by atoms with E-state index < -0.39 is 39.7 Å². The number of benzene rings is 2. The molecule has 3 unspecified atom stereocenters. The van der Waals surface area contributed by atoms with Crippen LogP contribution >= 0.6 is 0 Å². The number of hydrogen-bond acceptors (Lipinski definition) is 4. The summed E-state index contributed by atoms with van der Waals surface area (Å²) in [7, 11) is -3.46. The molecule has 170 valence electrons. The highest BCUT2D eigenvalue weighted by Crippen LogP contribution is 2.30. The average Bonchev–Trinajstić information content (AvgIpc) is 3.04. The number of aliphatic hydroxyl groups is 1. The molecule has 2 aromatic rings. The van der Waals surface area contributed by atoms with Gasteiger partial charge in [-0.3, -0.25) is 4.90 Å². The Bertz CT molecular complexity index is 1050. The number of hydrogen-bond donors (Lipinski definition) is 2. The van der Waals surface area contributed by atoms with Crippen LogP contribution in [0.4, 0.5) is 13.2 Å². The Morgan fingerprint density at radius 1 is 1.19 bits per heavy atom. The smallest absolute Gasteiger partial charge is 0.209 e. The Kier molecular flexibility index (Phi) is 7.10. The van der Waals surface area contributed by atoms with Crippen LogP contribution in [-0.2, 0) is 16.4 Å². The summed E-state index contributed by atoms with van der Waals surface area (Å²) in [6.45, 7) is 4.27. The molecule has 0 bridgehead atoms. The van der Waals surface area contributed by atoms with Crippen molar-refractivity contribution in [3.8, 4) is 11.1 Å².